The number of rotatable bonds is 2. The fourth-order valence-electron chi connectivity index (χ4n) is 1.99. The number of aromatic nitrogens is 3. The second-order valence-electron chi connectivity index (χ2n) is 4.36. The Morgan fingerprint density at radius 1 is 1.17 bits per heavy atom. The maximum absolute atomic E-state index is 4.26. The van der Waals surface area contributed by atoms with E-state index in [9.17, 15) is 0 Å². The van der Waals surface area contributed by atoms with Gasteiger partial charge in [0.1, 0.15) is 5.82 Å². The van der Waals surface area contributed by atoms with Crippen LogP contribution >= 0.6 is 15.9 Å². The molecule has 0 atom stereocenters. The van der Waals surface area contributed by atoms with E-state index in [1.54, 1.807) is 0 Å². The van der Waals surface area contributed by atoms with Crippen molar-refractivity contribution in [2.24, 2.45) is 0 Å². The molecular formula is C14H12BrN3. The monoisotopic (exact) mass is 301 g/mol. The quantitative estimate of drug-likeness (QED) is 0.726. The van der Waals surface area contributed by atoms with Crippen LogP contribution in [0.4, 0.5) is 0 Å². The SMILES string of the molecule is Cc1ccc2nnc(Cc3cccc(Br)c3)n2c1. The Labute approximate surface area is 114 Å². The molecule has 3 rings (SSSR count). The van der Waals surface area contributed by atoms with Gasteiger partial charge in [-0.15, -0.1) is 10.2 Å². The average Bonchev–Trinajstić information content (AvgIpc) is 2.72. The van der Waals surface area contributed by atoms with Crippen LogP contribution in [0.5, 0.6) is 0 Å². The molecule has 0 aliphatic rings. The van der Waals surface area contributed by atoms with Gasteiger partial charge in [0.2, 0.25) is 0 Å². The van der Waals surface area contributed by atoms with Crippen LogP contribution < -0.4 is 0 Å². The predicted octanol–water partition coefficient (Wildman–Crippen LogP) is 3.39. The Morgan fingerprint density at radius 2 is 2.06 bits per heavy atom. The number of hydrogen-bond donors (Lipinski definition) is 0. The fourth-order valence-corrected chi connectivity index (χ4v) is 2.44. The standard InChI is InChI=1S/C14H12BrN3/c1-10-5-6-13-16-17-14(18(13)9-10)8-11-3-2-4-12(15)7-11/h2-7,9H,8H2,1H3. The van der Waals surface area contributed by atoms with Crippen molar-refractivity contribution in [1.29, 1.82) is 0 Å². The molecule has 90 valence electrons. The first-order chi connectivity index (χ1) is 8.72. The zero-order valence-electron chi connectivity index (χ0n) is 9.97. The minimum Gasteiger partial charge on any atom is -0.286 e. The van der Waals surface area contributed by atoms with E-state index in [0.29, 0.717) is 0 Å². The zero-order valence-corrected chi connectivity index (χ0v) is 11.6. The molecule has 4 heteroatoms. The maximum atomic E-state index is 4.26. The second-order valence-corrected chi connectivity index (χ2v) is 5.27. The Hall–Kier alpha value is -1.68. The molecule has 2 heterocycles. The van der Waals surface area contributed by atoms with Crippen molar-refractivity contribution >= 4 is 21.6 Å². The van der Waals surface area contributed by atoms with Crippen LogP contribution in [-0.2, 0) is 6.42 Å². The van der Waals surface area contributed by atoms with Crippen molar-refractivity contribution in [3.05, 3.63) is 64.0 Å². The highest BCUT2D eigenvalue weighted by atomic mass is 79.9. The van der Waals surface area contributed by atoms with E-state index < -0.39 is 0 Å². The summed E-state index contributed by atoms with van der Waals surface area (Å²) in [4.78, 5) is 0. The van der Waals surface area contributed by atoms with Gasteiger partial charge >= 0.3 is 0 Å². The fraction of sp³-hybridized carbons (Fsp3) is 0.143. The van der Waals surface area contributed by atoms with Crippen LogP contribution in [0.2, 0.25) is 0 Å². The number of fused-ring (bicyclic) bond motifs is 1. The lowest BCUT2D eigenvalue weighted by Gasteiger charge is -2.02. The van der Waals surface area contributed by atoms with E-state index in [2.05, 4.69) is 55.8 Å². The Kier molecular flexibility index (Phi) is 2.88. The maximum Gasteiger partial charge on any atom is 0.160 e. The molecule has 0 saturated heterocycles. The predicted molar refractivity (Wildman–Crippen MR) is 74.7 cm³/mol. The summed E-state index contributed by atoms with van der Waals surface area (Å²) in [5, 5.41) is 8.44. The highest BCUT2D eigenvalue weighted by Crippen LogP contribution is 2.15. The van der Waals surface area contributed by atoms with Gasteiger partial charge in [-0.2, -0.15) is 0 Å². The van der Waals surface area contributed by atoms with E-state index in [-0.39, 0.29) is 0 Å². The molecule has 0 fully saturated rings. The normalized spacial score (nSPS) is 11.0. The van der Waals surface area contributed by atoms with E-state index in [0.717, 1.165) is 22.4 Å². The van der Waals surface area contributed by atoms with Gasteiger partial charge in [0.05, 0.1) is 0 Å². The van der Waals surface area contributed by atoms with Crippen LogP contribution in [-0.4, -0.2) is 14.6 Å². The third-order valence-corrected chi connectivity index (χ3v) is 3.37. The molecule has 0 radical (unpaired) electrons. The largest absolute Gasteiger partial charge is 0.286 e. The smallest absolute Gasteiger partial charge is 0.160 e. The van der Waals surface area contributed by atoms with Crippen LogP contribution in [0.25, 0.3) is 5.65 Å². The minimum atomic E-state index is 0.782. The lowest BCUT2D eigenvalue weighted by atomic mass is 10.1. The summed E-state index contributed by atoms with van der Waals surface area (Å²) in [6.07, 6.45) is 2.85. The molecule has 0 spiro atoms. The molecule has 0 N–H and O–H groups in total. The van der Waals surface area contributed by atoms with Gasteiger partial charge in [-0.3, -0.25) is 4.40 Å². The molecule has 18 heavy (non-hydrogen) atoms. The third-order valence-electron chi connectivity index (χ3n) is 2.87. The Morgan fingerprint density at radius 3 is 2.89 bits per heavy atom. The van der Waals surface area contributed by atoms with Crippen molar-refractivity contribution in [2.45, 2.75) is 13.3 Å². The number of halogens is 1. The van der Waals surface area contributed by atoms with E-state index >= 15 is 0 Å². The topological polar surface area (TPSA) is 30.2 Å². The summed E-state index contributed by atoms with van der Waals surface area (Å²) in [5.41, 5.74) is 3.32. The highest BCUT2D eigenvalue weighted by molar-refractivity contribution is 9.10. The van der Waals surface area contributed by atoms with Crippen molar-refractivity contribution in [3.8, 4) is 0 Å². The summed E-state index contributed by atoms with van der Waals surface area (Å²) < 4.78 is 3.14. The Bertz CT molecular complexity index is 703. The van der Waals surface area contributed by atoms with E-state index in [1.165, 1.54) is 11.1 Å². The van der Waals surface area contributed by atoms with Gasteiger partial charge in [-0.1, -0.05) is 34.1 Å². The first kappa shape index (κ1) is 11.4. The van der Waals surface area contributed by atoms with Crippen molar-refractivity contribution in [3.63, 3.8) is 0 Å². The van der Waals surface area contributed by atoms with Gasteiger partial charge < -0.3 is 0 Å². The van der Waals surface area contributed by atoms with Crippen molar-refractivity contribution in [1.82, 2.24) is 14.6 Å². The summed E-state index contributed by atoms with van der Waals surface area (Å²) in [6, 6.07) is 12.3. The Balaban J connectivity index is 2.02. The summed E-state index contributed by atoms with van der Waals surface area (Å²) in [7, 11) is 0. The lowest BCUT2D eigenvalue weighted by molar-refractivity contribution is 0.931. The molecule has 1 aromatic carbocycles. The van der Waals surface area contributed by atoms with Crippen molar-refractivity contribution < 1.29 is 0 Å². The number of hydrogen-bond acceptors (Lipinski definition) is 2. The highest BCUT2D eigenvalue weighted by Gasteiger charge is 2.06. The van der Waals surface area contributed by atoms with Gasteiger partial charge in [-0.05, 0) is 36.2 Å². The molecular weight excluding hydrogens is 290 g/mol. The van der Waals surface area contributed by atoms with Gasteiger partial charge in [0.25, 0.3) is 0 Å². The molecule has 0 saturated carbocycles. The third kappa shape index (κ3) is 2.16. The van der Waals surface area contributed by atoms with Gasteiger partial charge in [0.15, 0.2) is 5.65 Å². The molecule has 3 aromatic rings. The van der Waals surface area contributed by atoms with Gasteiger partial charge in [-0.25, -0.2) is 0 Å². The summed E-state index contributed by atoms with van der Waals surface area (Å²) >= 11 is 3.48. The van der Waals surface area contributed by atoms with Crippen LogP contribution in [0.1, 0.15) is 17.0 Å². The average molecular weight is 302 g/mol. The number of nitrogens with zero attached hydrogens (tertiary/aromatic N) is 3. The molecule has 0 amide bonds. The number of aryl methyl sites for hydroxylation is 1. The van der Waals surface area contributed by atoms with Crippen molar-refractivity contribution in [2.75, 3.05) is 0 Å². The van der Waals surface area contributed by atoms with E-state index in [4.69, 9.17) is 0 Å². The molecule has 0 unspecified atom stereocenters. The van der Waals surface area contributed by atoms with Crippen LogP contribution in [0.3, 0.4) is 0 Å². The van der Waals surface area contributed by atoms with Crippen LogP contribution in [0, 0.1) is 6.92 Å². The molecule has 0 aliphatic heterocycles. The first-order valence-corrected chi connectivity index (χ1v) is 6.56. The van der Waals surface area contributed by atoms with E-state index in [1.807, 2.05) is 24.3 Å². The summed E-state index contributed by atoms with van der Waals surface area (Å²) in [5.74, 6) is 0.965. The van der Waals surface area contributed by atoms with Crippen LogP contribution in [0.15, 0.2) is 47.1 Å². The number of pyridine rings is 1. The zero-order chi connectivity index (χ0) is 12.5. The van der Waals surface area contributed by atoms with Gasteiger partial charge in [0, 0.05) is 17.1 Å². The minimum absolute atomic E-state index is 0.782. The lowest BCUT2D eigenvalue weighted by Crippen LogP contribution is -1.96. The molecule has 0 aliphatic carbocycles. The number of benzene rings is 1. The summed E-state index contributed by atoms with van der Waals surface area (Å²) in [6.45, 7) is 2.07. The molecule has 2 aromatic heterocycles. The molecule has 0 bridgehead atoms. The second kappa shape index (κ2) is 4.53. The molecule has 3 nitrogen and oxygen atoms in total. The first-order valence-electron chi connectivity index (χ1n) is 5.77.